The summed E-state index contributed by atoms with van der Waals surface area (Å²) < 4.78 is 5.10. The number of hydrogen-bond donors (Lipinski definition) is 2. The van der Waals surface area contributed by atoms with Gasteiger partial charge in [-0.05, 0) is 25.5 Å². The molecular formula is C13H19NO3. The molecule has 0 aliphatic carbocycles. The molecule has 1 aromatic rings. The zero-order chi connectivity index (χ0) is 12.8. The minimum atomic E-state index is -0.932. The Hall–Kier alpha value is -1.71. The predicted molar refractivity (Wildman–Crippen MR) is 67.9 cm³/mol. The number of carbonyl (C=O) groups is 1. The van der Waals surface area contributed by atoms with Crippen LogP contribution in [0.1, 0.15) is 37.0 Å². The molecule has 0 aliphatic heterocycles. The molecular weight excluding hydrogens is 218 g/mol. The van der Waals surface area contributed by atoms with Crippen molar-refractivity contribution in [3.63, 3.8) is 0 Å². The highest BCUT2D eigenvalue weighted by atomic mass is 16.5. The molecule has 0 saturated heterocycles. The van der Waals surface area contributed by atoms with Crippen LogP contribution < -0.4 is 10.1 Å². The number of rotatable bonds is 6. The third-order valence-corrected chi connectivity index (χ3v) is 2.58. The standard InChI is InChI=1S/C13H19NO3/c1-4-5-9(2)14-12-8-10(17-3)6-7-11(12)13(15)16/h6-9,14H,4-5H2,1-3H3,(H,15,16). The minimum absolute atomic E-state index is 0.241. The molecule has 2 N–H and O–H groups in total. The van der Waals surface area contributed by atoms with Gasteiger partial charge in [0, 0.05) is 12.1 Å². The van der Waals surface area contributed by atoms with Gasteiger partial charge in [-0.1, -0.05) is 13.3 Å². The zero-order valence-corrected chi connectivity index (χ0v) is 10.5. The van der Waals surface area contributed by atoms with Crippen molar-refractivity contribution in [3.8, 4) is 5.75 Å². The number of ether oxygens (including phenoxy) is 1. The number of aromatic carboxylic acids is 1. The monoisotopic (exact) mass is 237 g/mol. The molecule has 0 fully saturated rings. The average molecular weight is 237 g/mol. The molecule has 0 aromatic heterocycles. The molecule has 0 bridgehead atoms. The first-order valence-corrected chi connectivity index (χ1v) is 5.76. The van der Waals surface area contributed by atoms with Crippen molar-refractivity contribution in [1.82, 2.24) is 0 Å². The number of hydrogen-bond acceptors (Lipinski definition) is 3. The highest BCUT2D eigenvalue weighted by molar-refractivity contribution is 5.94. The Morgan fingerprint density at radius 3 is 2.76 bits per heavy atom. The summed E-state index contributed by atoms with van der Waals surface area (Å²) in [6, 6.07) is 5.17. The zero-order valence-electron chi connectivity index (χ0n) is 10.5. The lowest BCUT2D eigenvalue weighted by atomic mass is 10.1. The number of nitrogens with one attached hydrogen (secondary N) is 1. The molecule has 0 aliphatic rings. The second-order valence-corrected chi connectivity index (χ2v) is 4.05. The summed E-state index contributed by atoms with van der Waals surface area (Å²) in [4.78, 5) is 11.1. The maximum absolute atomic E-state index is 11.1. The highest BCUT2D eigenvalue weighted by Gasteiger charge is 2.12. The predicted octanol–water partition coefficient (Wildman–Crippen LogP) is 2.99. The molecule has 4 heteroatoms. The van der Waals surface area contributed by atoms with Crippen molar-refractivity contribution in [2.45, 2.75) is 32.7 Å². The fourth-order valence-electron chi connectivity index (χ4n) is 1.73. The summed E-state index contributed by atoms with van der Waals surface area (Å²) in [5.41, 5.74) is 0.881. The molecule has 0 radical (unpaired) electrons. The van der Waals surface area contributed by atoms with E-state index in [1.807, 2.05) is 6.92 Å². The second-order valence-electron chi connectivity index (χ2n) is 4.05. The van der Waals surface area contributed by atoms with Crippen LogP contribution in [0.25, 0.3) is 0 Å². The summed E-state index contributed by atoms with van der Waals surface area (Å²) in [5, 5.41) is 12.3. The molecule has 94 valence electrons. The topological polar surface area (TPSA) is 58.6 Å². The summed E-state index contributed by atoms with van der Waals surface area (Å²) in [5.74, 6) is -0.278. The minimum Gasteiger partial charge on any atom is -0.497 e. The van der Waals surface area contributed by atoms with Crippen LogP contribution in [0.4, 0.5) is 5.69 Å². The number of carboxylic acid groups (broad SMARTS) is 1. The third-order valence-electron chi connectivity index (χ3n) is 2.58. The van der Waals surface area contributed by atoms with Crippen LogP contribution in [0.2, 0.25) is 0 Å². The summed E-state index contributed by atoms with van der Waals surface area (Å²) in [6.45, 7) is 4.14. The number of benzene rings is 1. The quantitative estimate of drug-likeness (QED) is 0.798. The van der Waals surface area contributed by atoms with Crippen molar-refractivity contribution in [1.29, 1.82) is 0 Å². The van der Waals surface area contributed by atoms with E-state index in [2.05, 4.69) is 12.2 Å². The van der Waals surface area contributed by atoms with Crippen molar-refractivity contribution < 1.29 is 14.6 Å². The molecule has 0 saturated carbocycles. The Kier molecular flexibility index (Phi) is 4.82. The maximum Gasteiger partial charge on any atom is 0.337 e. The lowest BCUT2D eigenvalue weighted by molar-refractivity contribution is 0.0698. The molecule has 1 unspecified atom stereocenters. The van der Waals surface area contributed by atoms with Crippen molar-refractivity contribution >= 4 is 11.7 Å². The lowest BCUT2D eigenvalue weighted by Crippen LogP contribution is -2.17. The van der Waals surface area contributed by atoms with E-state index >= 15 is 0 Å². The van der Waals surface area contributed by atoms with E-state index in [0.717, 1.165) is 12.8 Å². The molecule has 17 heavy (non-hydrogen) atoms. The van der Waals surface area contributed by atoms with E-state index < -0.39 is 5.97 Å². The van der Waals surface area contributed by atoms with Crippen LogP contribution in [0.15, 0.2) is 18.2 Å². The van der Waals surface area contributed by atoms with Crippen molar-refractivity contribution in [2.75, 3.05) is 12.4 Å². The van der Waals surface area contributed by atoms with Gasteiger partial charge in [0.1, 0.15) is 5.75 Å². The van der Waals surface area contributed by atoms with E-state index in [1.165, 1.54) is 0 Å². The Bertz CT molecular complexity index is 390. The molecule has 0 spiro atoms. The van der Waals surface area contributed by atoms with Gasteiger partial charge in [0.25, 0.3) is 0 Å². The van der Waals surface area contributed by atoms with Crippen LogP contribution in [-0.4, -0.2) is 24.2 Å². The Labute approximate surface area is 102 Å². The van der Waals surface area contributed by atoms with Crippen LogP contribution in [0.3, 0.4) is 0 Å². The maximum atomic E-state index is 11.1. The number of carboxylic acids is 1. The van der Waals surface area contributed by atoms with Crippen LogP contribution in [0, 0.1) is 0 Å². The fraction of sp³-hybridized carbons (Fsp3) is 0.462. The van der Waals surface area contributed by atoms with Gasteiger partial charge in [-0.15, -0.1) is 0 Å². The number of anilines is 1. The summed E-state index contributed by atoms with van der Waals surface area (Å²) in [7, 11) is 1.56. The van der Waals surface area contributed by atoms with E-state index in [4.69, 9.17) is 9.84 Å². The summed E-state index contributed by atoms with van der Waals surface area (Å²) in [6.07, 6.45) is 2.05. The molecule has 0 heterocycles. The molecule has 0 amide bonds. The van der Waals surface area contributed by atoms with Gasteiger partial charge in [0.2, 0.25) is 0 Å². The van der Waals surface area contributed by atoms with Gasteiger partial charge < -0.3 is 15.2 Å². The first kappa shape index (κ1) is 13.4. The van der Waals surface area contributed by atoms with Gasteiger partial charge in [-0.25, -0.2) is 4.79 Å². The average Bonchev–Trinajstić information content (AvgIpc) is 2.28. The van der Waals surface area contributed by atoms with Crippen LogP contribution >= 0.6 is 0 Å². The summed E-state index contributed by atoms with van der Waals surface area (Å²) >= 11 is 0. The van der Waals surface area contributed by atoms with E-state index in [9.17, 15) is 4.79 Å². The van der Waals surface area contributed by atoms with Gasteiger partial charge in [-0.2, -0.15) is 0 Å². The Balaban J connectivity index is 2.96. The molecule has 1 atom stereocenters. The normalized spacial score (nSPS) is 11.9. The first-order valence-electron chi connectivity index (χ1n) is 5.76. The van der Waals surface area contributed by atoms with Gasteiger partial charge in [0.15, 0.2) is 0 Å². The second kappa shape index (κ2) is 6.13. The van der Waals surface area contributed by atoms with E-state index in [0.29, 0.717) is 11.4 Å². The van der Waals surface area contributed by atoms with Gasteiger partial charge in [0.05, 0.1) is 18.4 Å². The first-order chi connectivity index (χ1) is 8.08. The molecule has 1 rings (SSSR count). The lowest BCUT2D eigenvalue weighted by Gasteiger charge is -2.16. The molecule has 4 nitrogen and oxygen atoms in total. The smallest absolute Gasteiger partial charge is 0.337 e. The van der Waals surface area contributed by atoms with Gasteiger partial charge >= 0.3 is 5.97 Å². The number of methoxy groups -OCH3 is 1. The van der Waals surface area contributed by atoms with E-state index in [1.54, 1.807) is 25.3 Å². The highest BCUT2D eigenvalue weighted by Crippen LogP contribution is 2.23. The Morgan fingerprint density at radius 2 is 2.24 bits per heavy atom. The fourth-order valence-corrected chi connectivity index (χ4v) is 1.73. The van der Waals surface area contributed by atoms with Crippen molar-refractivity contribution in [2.24, 2.45) is 0 Å². The third kappa shape index (κ3) is 3.66. The van der Waals surface area contributed by atoms with Crippen LogP contribution in [0.5, 0.6) is 5.75 Å². The Morgan fingerprint density at radius 1 is 1.53 bits per heavy atom. The van der Waals surface area contributed by atoms with Gasteiger partial charge in [-0.3, -0.25) is 0 Å². The van der Waals surface area contributed by atoms with Crippen molar-refractivity contribution in [3.05, 3.63) is 23.8 Å². The van der Waals surface area contributed by atoms with Crippen LogP contribution in [-0.2, 0) is 0 Å². The largest absolute Gasteiger partial charge is 0.497 e. The molecule has 1 aromatic carbocycles. The van der Waals surface area contributed by atoms with E-state index in [-0.39, 0.29) is 11.6 Å². The SMILES string of the molecule is CCCC(C)Nc1cc(OC)ccc1C(=O)O.